The second-order valence-electron chi connectivity index (χ2n) is 4.55. The maximum Gasteiger partial charge on any atom is 0.200 e. The molecule has 20 heavy (non-hydrogen) atoms. The summed E-state index contributed by atoms with van der Waals surface area (Å²) in [6.45, 7) is 3.28. The van der Waals surface area contributed by atoms with Gasteiger partial charge < -0.3 is 29.4 Å². The maximum atomic E-state index is 9.84. The fourth-order valence-electron chi connectivity index (χ4n) is 2.08. The highest BCUT2D eigenvalue weighted by Gasteiger charge is 2.14. The Labute approximate surface area is 118 Å². The van der Waals surface area contributed by atoms with Crippen molar-refractivity contribution in [3.63, 3.8) is 0 Å². The largest absolute Gasteiger partial charge is 0.502 e. The molecule has 2 N–H and O–H groups in total. The van der Waals surface area contributed by atoms with Gasteiger partial charge in [0, 0.05) is 13.1 Å². The molecule has 1 heterocycles. The third-order valence-electron chi connectivity index (χ3n) is 3.13. The standard InChI is InChI=1S/C14H21NO5/c1-17-12-5-10(6-13(18-2)14(12)16)7-15-8-11-9-19-3-4-20-11/h5-6,11,15-16H,3-4,7-9H2,1-2H3. The molecule has 112 valence electrons. The number of aromatic hydroxyl groups is 1. The Bertz CT molecular complexity index is 407. The lowest BCUT2D eigenvalue weighted by Crippen LogP contribution is -2.37. The second kappa shape index (κ2) is 7.33. The van der Waals surface area contributed by atoms with E-state index < -0.39 is 0 Å². The minimum absolute atomic E-state index is 0.0164. The van der Waals surface area contributed by atoms with Gasteiger partial charge in [0.25, 0.3) is 0 Å². The van der Waals surface area contributed by atoms with Gasteiger partial charge in [0.15, 0.2) is 11.5 Å². The highest BCUT2D eigenvalue weighted by Crippen LogP contribution is 2.36. The molecular weight excluding hydrogens is 262 g/mol. The highest BCUT2D eigenvalue weighted by atomic mass is 16.6. The number of ether oxygens (including phenoxy) is 4. The fraction of sp³-hybridized carbons (Fsp3) is 0.571. The average molecular weight is 283 g/mol. The number of phenols is 1. The number of nitrogens with one attached hydrogen (secondary N) is 1. The van der Waals surface area contributed by atoms with Gasteiger partial charge >= 0.3 is 0 Å². The summed E-state index contributed by atoms with van der Waals surface area (Å²) in [4.78, 5) is 0. The van der Waals surface area contributed by atoms with Crippen LogP contribution in [0.15, 0.2) is 12.1 Å². The van der Waals surface area contributed by atoms with Gasteiger partial charge in [0.2, 0.25) is 5.75 Å². The van der Waals surface area contributed by atoms with Crippen LogP contribution in [-0.4, -0.2) is 51.8 Å². The lowest BCUT2D eigenvalue weighted by atomic mass is 10.1. The van der Waals surface area contributed by atoms with Crippen molar-refractivity contribution in [2.24, 2.45) is 0 Å². The first-order valence-electron chi connectivity index (χ1n) is 6.58. The van der Waals surface area contributed by atoms with E-state index in [1.54, 1.807) is 12.1 Å². The number of phenolic OH excluding ortho intramolecular Hbond substituents is 1. The molecule has 1 atom stereocenters. The lowest BCUT2D eigenvalue weighted by molar-refractivity contribution is -0.0864. The molecule has 0 radical (unpaired) electrons. The van der Waals surface area contributed by atoms with E-state index in [0.717, 1.165) is 5.56 Å². The summed E-state index contributed by atoms with van der Waals surface area (Å²) in [6.07, 6.45) is 0.0876. The summed E-state index contributed by atoms with van der Waals surface area (Å²) in [7, 11) is 3.03. The van der Waals surface area contributed by atoms with E-state index >= 15 is 0 Å². The van der Waals surface area contributed by atoms with Crippen LogP contribution in [0.3, 0.4) is 0 Å². The van der Waals surface area contributed by atoms with Crippen molar-refractivity contribution in [1.82, 2.24) is 5.32 Å². The van der Waals surface area contributed by atoms with E-state index in [1.165, 1.54) is 14.2 Å². The van der Waals surface area contributed by atoms with E-state index in [1.807, 2.05) is 0 Å². The van der Waals surface area contributed by atoms with Crippen molar-refractivity contribution in [3.8, 4) is 17.2 Å². The molecule has 6 nitrogen and oxygen atoms in total. The molecule has 1 aliphatic rings. The SMILES string of the molecule is COc1cc(CNCC2COCCO2)cc(OC)c1O. The molecule has 1 aliphatic heterocycles. The topological polar surface area (TPSA) is 69.2 Å². The molecule has 0 spiro atoms. The molecule has 0 amide bonds. The van der Waals surface area contributed by atoms with Crippen molar-refractivity contribution in [2.45, 2.75) is 12.6 Å². The number of rotatable bonds is 6. The zero-order valence-corrected chi connectivity index (χ0v) is 11.8. The predicted molar refractivity (Wildman–Crippen MR) is 73.5 cm³/mol. The summed E-state index contributed by atoms with van der Waals surface area (Å²) >= 11 is 0. The van der Waals surface area contributed by atoms with E-state index in [2.05, 4.69) is 5.32 Å². The van der Waals surface area contributed by atoms with Crippen LogP contribution < -0.4 is 14.8 Å². The highest BCUT2D eigenvalue weighted by molar-refractivity contribution is 5.52. The van der Waals surface area contributed by atoms with Gasteiger partial charge in [-0.15, -0.1) is 0 Å². The van der Waals surface area contributed by atoms with Crippen molar-refractivity contribution in [1.29, 1.82) is 0 Å². The fourth-order valence-corrected chi connectivity index (χ4v) is 2.08. The minimum Gasteiger partial charge on any atom is -0.502 e. The Morgan fingerprint density at radius 1 is 1.25 bits per heavy atom. The normalized spacial score (nSPS) is 18.8. The summed E-state index contributed by atoms with van der Waals surface area (Å²) < 4.78 is 21.1. The lowest BCUT2D eigenvalue weighted by Gasteiger charge is -2.23. The molecule has 6 heteroatoms. The molecule has 1 aromatic carbocycles. The minimum atomic E-state index is 0.0164. The number of benzene rings is 1. The van der Waals surface area contributed by atoms with Crippen LogP contribution in [0, 0.1) is 0 Å². The number of hydrogen-bond donors (Lipinski definition) is 2. The van der Waals surface area contributed by atoms with Gasteiger partial charge in [-0.1, -0.05) is 0 Å². The van der Waals surface area contributed by atoms with E-state index in [9.17, 15) is 5.11 Å². The Morgan fingerprint density at radius 3 is 2.50 bits per heavy atom. The quantitative estimate of drug-likeness (QED) is 0.809. The molecular formula is C14H21NO5. The molecule has 1 aromatic rings. The van der Waals surface area contributed by atoms with Crippen LogP contribution >= 0.6 is 0 Å². The smallest absolute Gasteiger partial charge is 0.200 e. The van der Waals surface area contributed by atoms with Gasteiger partial charge in [-0.05, 0) is 17.7 Å². The van der Waals surface area contributed by atoms with Crippen molar-refractivity contribution in [3.05, 3.63) is 17.7 Å². The first-order chi connectivity index (χ1) is 9.74. The molecule has 1 saturated heterocycles. The van der Waals surface area contributed by atoms with Crippen LogP contribution in [0.4, 0.5) is 0 Å². The summed E-state index contributed by atoms with van der Waals surface area (Å²) in [5.41, 5.74) is 0.966. The monoisotopic (exact) mass is 283 g/mol. The Hall–Kier alpha value is -1.50. The Balaban J connectivity index is 1.91. The van der Waals surface area contributed by atoms with Crippen molar-refractivity contribution >= 4 is 0 Å². The van der Waals surface area contributed by atoms with E-state index in [-0.39, 0.29) is 11.9 Å². The average Bonchev–Trinajstić information content (AvgIpc) is 2.49. The third kappa shape index (κ3) is 3.75. The zero-order valence-electron chi connectivity index (χ0n) is 11.8. The van der Waals surface area contributed by atoms with Crippen LogP contribution in [0.25, 0.3) is 0 Å². The third-order valence-corrected chi connectivity index (χ3v) is 3.13. The van der Waals surface area contributed by atoms with Gasteiger partial charge in [-0.25, -0.2) is 0 Å². The zero-order chi connectivity index (χ0) is 14.4. The van der Waals surface area contributed by atoms with Gasteiger partial charge in [-0.2, -0.15) is 0 Å². The summed E-state index contributed by atoms with van der Waals surface area (Å²) in [6, 6.07) is 3.56. The van der Waals surface area contributed by atoms with Crippen LogP contribution in [0.1, 0.15) is 5.56 Å². The first kappa shape index (κ1) is 14.9. The molecule has 0 bridgehead atoms. The van der Waals surface area contributed by atoms with Crippen molar-refractivity contribution in [2.75, 3.05) is 40.6 Å². The second-order valence-corrected chi connectivity index (χ2v) is 4.55. The van der Waals surface area contributed by atoms with Crippen LogP contribution in [0.2, 0.25) is 0 Å². The van der Waals surface area contributed by atoms with E-state index in [0.29, 0.717) is 44.4 Å². The molecule has 0 saturated carbocycles. The van der Waals surface area contributed by atoms with Gasteiger partial charge in [0.1, 0.15) is 0 Å². The molecule has 1 fully saturated rings. The predicted octanol–water partition coefficient (Wildman–Crippen LogP) is 0.914. The summed E-state index contributed by atoms with van der Waals surface area (Å²) in [5.74, 6) is 0.819. The van der Waals surface area contributed by atoms with Gasteiger partial charge in [0.05, 0.1) is 40.1 Å². The number of hydrogen-bond acceptors (Lipinski definition) is 6. The molecule has 2 rings (SSSR count). The first-order valence-corrected chi connectivity index (χ1v) is 6.58. The molecule has 0 aliphatic carbocycles. The Morgan fingerprint density at radius 2 is 1.95 bits per heavy atom. The van der Waals surface area contributed by atoms with Crippen LogP contribution in [-0.2, 0) is 16.0 Å². The van der Waals surface area contributed by atoms with Gasteiger partial charge in [-0.3, -0.25) is 0 Å². The maximum absolute atomic E-state index is 9.84. The Kier molecular flexibility index (Phi) is 5.46. The van der Waals surface area contributed by atoms with E-state index in [4.69, 9.17) is 18.9 Å². The molecule has 0 aromatic heterocycles. The molecule has 1 unspecified atom stereocenters. The summed E-state index contributed by atoms with van der Waals surface area (Å²) in [5, 5.41) is 13.1. The number of methoxy groups -OCH3 is 2. The van der Waals surface area contributed by atoms with Crippen molar-refractivity contribution < 1.29 is 24.1 Å². The van der Waals surface area contributed by atoms with Crippen LogP contribution in [0.5, 0.6) is 17.2 Å².